The summed E-state index contributed by atoms with van der Waals surface area (Å²) in [5.74, 6) is -0.687. The van der Waals surface area contributed by atoms with E-state index in [0.29, 0.717) is 11.3 Å². The van der Waals surface area contributed by atoms with Gasteiger partial charge in [0.25, 0.3) is 5.91 Å². The Morgan fingerprint density at radius 2 is 1.91 bits per heavy atom. The Morgan fingerprint density at radius 1 is 1.22 bits per heavy atom. The van der Waals surface area contributed by atoms with Crippen LogP contribution in [0.25, 0.3) is 0 Å². The number of carbonyl (C=O) groups excluding carboxylic acids is 3. The predicted molar refractivity (Wildman–Crippen MR) is 84.1 cm³/mol. The van der Waals surface area contributed by atoms with Gasteiger partial charge in [-0.15, -0.1) is 0 Å². The molecule has 0 aliphatic carbocycles. The van der Waals surface area contributed by atoms with Crippen molar-refractivity contribution in [3.8, 4) is 5.75 Å². The van der Waals surface area contributed by atoms with E-state index in [1.165, 1.54) is 7.11 Å². The fourth-order valence-electron chi connectivity index (χ4n) is 1.73. The van der Waals surface area contributed by atoms with Gasteiger partial charge in [-0.05, 0) is 19.4 Å². The van der Waals surface area contributed by atoms with Crippen molar-refractivity contribution < 1.29 is 23.9 Å². The molecule has 0 bridgehead atoms. The molecule has 2 N–H and O–H groups in total. The number of esters is 1. The van der Waals surface area contributed by atoms with Crippen molar-refractivity contribution in [2.45, 2.75) is 32.7 Å². The van der Waals surface area contributed by atoms with Gasteiger partial charge in [0.2, 0.25) is 0 Å². The van der Waals surface area contributed by atoms with Gasteiger partial charge >= 0.3 is 12.0 Å². The zero-order valence-corrected chi connectivity index (χ0v) is 13.5. The van der Waals surface area contributed by atoms with Gasteiger partial charge in [0.05, 0.1) is 13.5 Å². The van der Waals surface area contributed by atoms with Crippen LogP contribution in [0.2, 0.25) is 0 Å². The summed E-state index contributed by atoms with van der Waals surface area (Å²) >= 11 is 0. The number of ether oxygens (including phenoxy) is 2. The molecule has 0 aliphatic heterocycles. The van der Waals surface area contributed by atoms with Crippen molar-refractivity contribution in [2.24, 2.45) is 0 Å². The van der Waals surface area contributed by atoms with E-state index in [0.717, 1.165) is 6.42 Å². The van der Waals surface area contributed by atoms with Crippen LogP contribution in [0.15, 0.2) is 24.3 Å². The molecule has 7 heteroatoms. The second kappa shape index (κ2) is 9.45. The summed E-state index contributed by atoms with van der Waals surface area (Å²) in [5.41, 5.74) is 0.662. The lowest BCUT2D eigenvalue weighted by atomic mass is 10.1. The molecule has 0 fully saturated rings. The third-order valence-electron chi connectivity index (χ3n) is 3.13. The number of amides is 3. The highest BCUT2D eigenvalue weighted by Crippen LogP contribution is 2.17. The van der Waals surface area contributed by atoms with Gasteiger partial charge in [-0.3, -0.25) is 14.9 Å². The number of imide groups is 1. The van der Waals surface area contributed by atoms with E-state index < -0.39 is 24.5 Å². The van der Waals surface area contributed by atoms with Crippen LogP contribution in [0.3, 0.4) is 0 Å². The molecule has 0 aliphatic rings. The lowest BCUT2D eigenvalue weighted by molar-refractivity contribution is -0.147. The van der Waals surface area contributed by atoms with Crippen molar-refractivity contribution in [1.82, 2.24) is 10.6 Å². The van der Waals surface area contributed by atoms with Crippen LogP contribution in [0.1, 0.15) is 25.8 Å². The highest BCUT2D eigenvalue weighted by atomic mass is 16.5. The molecule has 0 saturated carbocycles. The number of hydrogen-bond acceptors (Lipinski definition) is 5. The molecular formula is C16H22N2O5. The van der Waals surface area contributed by atoms with Crippen LogP contribution in [-0.4, -0.2) is 37.7 Å². The Balaban J connectivity index is 2.38. The highest BCUT2D eigenvalue weighted by molar-refractivity contribution is 5.95. The van der Waals surface area contributed by atoms with Crippen LogP contribution < -0.4 is 15.4 Å². The SMILES string of the molecule is CC[C@H](C)NC(=O)NC(=O)COC(=O)Cc1ccccc1OC. The average molecular weight is 322 g/mol. The summed E-state index contributed by atoms with van der Waals surface area (Å²) < 4.78 is 9.98. The Bertz CT molecular complexity index is 559. The first-order valence-electron chi connectivity index (χ1n) is 7.34. The molecule has 23 heavy (non-hydrogen) atoms. The minimum absolute atomic E-state index is 0.0175. The highest BCUT2D eigenvalue weighted by Gasteiger charge is 2.14. The fourth-order valence-corrected chi connectivity index (χ4v) is 1.73. The third kappa shape index (κ3) is 6.82. The van der Waals surface area contributed by atoms with E-state index in [9.17, 15) is 14.4 Å². The molecule has 126 valence electrons. The Morgan fingerprint density at radius 3 is 2.57 bits per heavy atom. The number of urea groups is 1. The van der Waals surface area contributed by atoms with Crippen molar-refractivity contribution in [3.05, 3.63) is 29.8 Å². The topological polar surface area (TPSA) is 93.7 Å². The summed E-state index contributed by atoms with van der Waals surface area (Å²) in [5, 5.41) is 4.67. The Labute approximate surface area is 135 Å². The second-order valence-electron chi connectivity index (χ2n) is 4.98. The van der Waals surface area contributed by atoms with Gasteiger partial charge in [0, 0.05) is 11.6 Å². The molecular weight excluding hydrogens is 300 g/mol. The molecule has 0 unspecified atom stereocenters. The van der Waals surface area contributed by atoms with Crippen molar-refractivity contribution in [2.75, 3.05) is 13.7 Å². The molecule has 7 nitrogen and oxygen atoms in total. The zero-order chi connectivity index (χ0) is 17.2. The minimum atomic E-state index is -0.681. The van der Waals surface area contributed by atoms with Gasteiger partial charge < -0.3 is 14.8 Å². The molecule has 0 aromatic heterocycles. The molecule has 0 saturated heterocycles. The normalized spacial score (nSPS) is 11.3. The van der Waals surface area contributed by atoms with Crippen molar-refractivity contribution in [1.29, 1.82) is 0 Å². The van der Waals surface area contributed by atoms with E-state index in [2.05, 4.69) is 10.6 Å². The van der Waals surface area contributed by atoms with Gasteiger partial charge in [-0.25, -0.2) is 4.79 Å². The lowest BCUT2D eigenvalue weighted by Crippen LogP contribution is -2.44. The van der Waals surface area contributed by atoms with E-state index in [4.69, 9.17) is 9.47 Å². The molecule has 1 rings (SSSR count). The largest absolute Gasteiger partial charge is 0.496 e. The summed E-state index contributed by atoms with van der Waals surface area (Å²) in [6, 6.07) is 6.38. The number of benzene rings is 1. The van der Waals surface area contributed by atoms with Crippen LogP contribution in [0, 0.1) is 0 Å². The van der Waals surface area contributed by atoms with E-state index in [-0.39, 0.29) is 12.5 Å². The summed E-state index contributed by atoms with van der Waals surface area (Å²) in [6.45, 7) is 3.21. The smallest absolute Gasteiger partial charge is 0.321 e. The molecule has 1 atom stereocenters. The van der Waals surface area contributed by atoms with Crippen LogP contribution in [0.5, 0.6) is 5.75 Å². The molecule has 0 heterocycles. The Kier molecular flexibility index (Phi) is 7.59. The summed E-state index contributed by atoms with van der Waals surface area (Å²) in [6.07, 6.45) is 0.728. The lowest BCUT2D eigenvalue weighted by Gasteiger charge is -2.12. The maximum absolute atomic E-state index is 11.7. The number of para-hydroxylation sites is 1. The molecule has 0 spiro atoms. The average Bonchev–Trinajstić information content (AvgIpc) is 2.53. The third-order valence-corrected chi connectivity index (χ3v) is 3.13. The van der Waals surface area contributed by atoms with Crippen LogP contribution >= 0.6 is 0 Å². The molecule has 1 aromatic carbocycles. The van der Waals surface area contributed by atoms with Crippen LogP contribution in [-0.2, 0) is 20.7 Å². The van der Waals surface area contributed by atoms with Crippen molar-refractivity contribution >= 4 is 17.9 Å². The summed E-state index contributed by atoms with van der Waals surface area (Å²) in [4.78, 5) is 34.7. The number of nitrogens with one attached hydrogen (secondary N) is 2. The quantitative estimate of drug-likeness (QED) is 0.740. The first-order valence-corrected chi connectivity index (χ1v) is 7.34. The van der Waals surface area contributed by atoms with E-state index in [1.54, 1.807) is 24.3 Å². The van der Waals surface area contributed by atoms with Gasteiger partial charge in [-0.1, -0.05) is 25.1 Å². The zero-order valence-electron chi connectivity index (χ0n) is 13.5. The number of methoxy groups -OCH3 is 1. The van der Waals surface area contributed by atoms with Gasteiger partial charge in [-0.2, -0.15) is 0 Å². The first-order chi connectivity index (χ1) is 11.0. The Hall–Kier alpha value is -2.57. The fraction of sp³-hybridized carbons (Fsp3) is 0.438. The molecule has 0 radical (unpaired) electrons. The van der Waals surface area contributed by atoms with Crippen molar-refractivity contribution in [3.63, 3.8) is 0 Å². The number of hydrogen-bond donors (Lipinski definition) is 2. The minimum Gasteiger partial charge on any atom is -0.496 e. The molecule has 1 aromatic rings. The number of carbonyl (C=O) groups is 3. The monoisotopic (exact) mass is 322 g/mol. The van der Waals surface area contributed by atoms with Gasteiger partial charge in [0.15, 0.2) is 6.61 Å². The first kappa shape index (κ1) is 18.5. The summed E-state index contributed by atoms with van der Waals surface area (Å²) in [7, 11) is 1.51. The second-order valence-corrected chi connectivity index (χ2v) is 4.98. The van der Waals surface area contributed by atoms with E-state index >= 15 is 0 Å². The molecule has 3 amide bonds. The number of rotatable bonds is 7. The van der Waals surface area contributed by atoms with Crippen LogP contribution in [0.4, 0.5) is 4.79 Å². The maximum Gasteiger partial charge on any atom is 0.321 e. The van der Waals surface area contributed by atoms with Gasteiger partial charge in [0.1, 0.15) is 5.75 Å². The predicted octanol–water partition coefficient (Wildman–Crippen LogP) is 1.41. The van der Waals surface area contributed by atoms with E-state index in [1.807, 2.05) is 13.8 Å². The maximum atomic E-state index is 11.7. The standard InChI is InChI=1S/C16H22N2O5/c1-4-11(2)17-16(21)18-14(19)10-23-15(20)9-12-7-5-6-8-13(12)22-3/h5-8,11H,4,9-10H2,1-3H3,(H2,17,18,19,21)/t11-/m0/s1.